The molecular weight excluding hydrogens is 1400 g/mol. The van der Waals surface area contributed by atoms with E-state index in [1.165, 1.54) is 0 Å². The van der Waals surface area contributed by atoms with Crippen LogP contribution in [0.3, 0.4) is 0 Å². The molecule has 2 aliphatic heterocycles. The van der Waals surface area contributed by atoms with Gasteiger partial charge in [0.1, 0.15) is 77.8 Å². The number of aliphatic hydroxyl groups is 1. The lowest BCUT2D eigenvalue weighted by molar-refractivity contribution is -0.140. The van der Waals surface area contributed by atoms with Gasteiger partial charge in [0, 0.05) is 32.6 Å². The second kappa shape index (κ2) is 40.3. The standard InChI is InChI=1S/C74H111N13O19Si/c1-44(2)40-54-64(95)84-51(32-37-76-68(99)104-71(4,5)6)61(92)83-53(34-39-78-70(101)106-73(10,11)12)63(94)87-58(45(3)88)67(98)75-36-31-50(60(91)82-52(33-38-77-69(100)105-72(7,8)9)62(93)86-55(65(96)85-54)41-46-24-18-15-19-25-46)81-59(90)49(80-66(97)56-42-103-43-57(89)79-56)30-35-74(13,14)107(102,47-26-20-16-21-27-47)48-28-22-17-23-29-48/h15-29,44-45,49-56,58,88,102H,30-43H2,1-14H3,(H,75,98)(H,76,99)(H,77,100)(H,78,101)(H,79,89)(H,80,97)(H,81,90)(H,82,91)(H,83,92)(H,84,95)(H,85,96)(H,86,93)(H,87,94)/t45-,49-,50+,51+,52+,53+,54+,55-,56+,58+/m1/s1. The van der Waals surface area contributed by atoms with Crippen LogP contribution >= 0.6 is 0 Å². The summed E-state index contributed by atoms with van der Waals surface area (Å²) >= 11 is 0. The molecule has 33 heteroatoms. The van der Waals surface area contributed by atoms with Crippen LogP contribution < -0.4 is 79.5 Å². The maximum absolute atomic E-state index is 15.4. The van der Waals surface area contributed by atoms with Crippen molar-refractivity contribution in [1.82, 2.24) is 69.1 Å². The van der Waals surface area contributed by atoms with Crippen molar-refractivity contribution in [3.8, 4) is 0 Å². The van der Waals surface area contributed by atoms with Gasteiger partial charge in [-0.3, -0.25) is 47.9 Å². The van der Waals surface area contributed by atoms with Crippen LogP contribution in [0.1, 0.15) is 147 Å². The number of rotatable bonds is 24. The first-order valence-electron chi connectivity index (χ1n) is 36.1. The van der Waals surface area contributed by atoms with Crippen LogP contribution in [0.5, 0.6) is 0 Å². The SMILES string of the molecule is CC(C)C[C@@H]1NC(=O)[C@@H](Cc2ccccc2)NC(=O)[C@H](CCNC(=O)OC(C)(C)C)NC(=O)[C@@H](NC(=O)[C@@H](CCC(C)(C)[Si](O)(c2ccccc2)c2ccccc2)NC(=O)[C@@H]2COCC(=O)N2)CCNC(=O)[C@H]([C@@H](C)O)NC(=O)[C@H](CCNC(=O)OC(C)(C)C)NC(=O)[C@H](CCNC(=O)OC(C)(C)C)NC1=O. The van der Waals surface area contributed by atoms with Gasteiger partial charge >= 0.3 is 18.3 Å². The first-order valence-corrected chi connectivity index (χ1v) is 38.0. The summed E-state index contributed by atoms with van der Waals surface area (Å²) in [5.74, 6) is -10.1. The van der Waals surface area contributed by atoms with E-state index in [0.29, 0.717) is 15.9 Å². The monoisotopic (exact) mass is 1510 g/mol. The van der Waals surface area contributed by atoms with Crippen LogP contribution in [0.15, 0.2) is 91.0 Å². The molecule has 107 heavy (non-hydrogen) atoms. The molecule has 2 saturated heterocycles. The van der Waals surface area contributed by atoms with Crippen molar-refractivity contribution in [2.45, 2.75) is 231 Å². The molecule has 590 valence electrons. The van der Waals surface area contributed by atoms with E-state index in [2.05, 4.69) is 69.1 Å². The lowest BCUT2D eigenvalue weighted by Crippen LogP contribution is -2.65. The predicted octanol–water partition coefficient (Wildman–Crippen LogP) is 0.626. The van der Waals surface area contributed by atoms with E-state index in [1.54, 1.807) is 167 Å². The fourth-order valence-corrected chi connectivity index (χ4v) is 15.5. The van der Waals surface area contributed by atoms with Crippen LogP contribution in [-0.4, -0.2) is 212 Å². The molecule has 2 aliphatic rings. The molecule has 15 N–H and O–H groups in total. The second-order valence-electron chi connectivity index (χ2n) is 30.7. The van der Waals surface area contributed by atoms with Crippen molar-refractivity contribution in [2.24, 2.45) is 5.92 Å². The third-order valence-electron chi connectivity index (χ3n) is 17.1. The summed E-state index contributed by atoms with van der Waals surface area (Å²) in [5.41, 5.74) is -2.38. The Morgan fingerprint density at radius 3 is 1.39 bits per heavy atom. The molecule has 13 amide bonds. The maximum atomic E-state index is 15.4. The molecule has 0 unspecified atom stereocenters. The topological polar surface area (TPSA) is 456 Å². The van der Waals surface area contributed by atoms with Gasteiger partial charge in [0.25, 0.3) is 8.32 Å². The highest BCUT2D eigenvalue weighted by atomic mass is 28.4. The molecular formula is C74H111N13O19Si. The van der Waals surface area contributed by atoms with Crippen LogP contribution in [0, 0.1) is 5.92 Å². The van der Waals surface area contributed by atoms with Crippen molar-refractivity contribution in [3.63, 3.8) is 0 Å². The van der Waals surface area contributed by atoms with Gasteiger partial charge < -0.3 is 98.0 Å². The molecule has 0 aliphatic carbocycles. The van der Waals surface area contributed by atoms with Crippen LogP contribution in [0.25, 0.3) is 0 Å². The summed E-state index contributed by atoms with van der Waals surface area (Å²) in [7, 11) is -3.82. The third kappa shape index (κ3) is 29.5. The van der Waals surface area contributed by atoms with E-state index in [4.69, 9.17) is 18.9 Å². The molecule has 0 radical (unpaired) electrons. The summed E-state index contributed by atoms with van der Waals surface area (Å²) in [6.07, 6.45) is -6.68. The van der Waals surface area contributed by atoms with Gasteiger partial charge in [-0.15, -0.1) is 0 Å². The molecule has 0 saturated carbocycles. The number of morpholine rings is 1. The van der Waals surface area contributed by atoms with Gasteiger partial charge in [0.15, 0.2) is 0 Å². The number of aliphatic hydroxyl groups excluding tert-OH is 1. The average Bonchev–Trinajstić information content (AvgIpc) is 0.751. The third-order valence-corrected chi connectivity index (χ3v) is 21.7. The van der Waals surface area contributed by atoms with Crippen molar-refractivity contribution in [1.29, 1.82) is 0 Å². The fourth-order valence-electron chi connectivity index (χ4n) is 11.7. The van der Waals surface area contributed by atoms with Crippen molar-refractivity contribution in [3.05, 3.63) is 96.6 Å². The molecule has 2 heterocycles. The Balaban J connectivity index is 1.68. The first kappa shape index (κ1) is 87.9. The van der Waals surface area contributed by atoms with Gasteiger partial charge in [0.2, 0.25) is 59.1 Å². The smallest absolute Gasteiger partial charge is 0.407 e. The normalized spacial score (nSPS) is 21.5. The zero-order valence-electron chi connectivity index (χ0n) is 63.7. The van der Waals surface area contributed by atoms with Crippen molar-refractivity contribution < 1.29 is 91.2 Å². The number of hydrogen-bond donors (Lipinski definition) is 15. The Morgan fingerprint density at radius 2 is 0.953 bits per heavy atom. The van der Waals surface area contributed by atoms with Crippen LogP contribution in [0.4, 0.5) is 14.4 Å². The number of nitrogens with one attached hydrogen (secondary N) is 13. The Hall–Kier alpha value is -9.73. The van der Waals surface area contributed by atoms with Crippen molar-refractivity contribution in [2.75, 3.05) is 39.4 Å². The highest BCUT2D eigenvalue weighted by Crippen LogP contribution is 2.40. The fraction of sp³-hybridized carbons (Fsp3) is 0.581. The lowest BCUT2D eigenvalue weighted by atomic mass is 10.00. The zero-order chi connectivity index (χ0) is 79.6. The molecule has 0 aromatic heterocycles. The van der Waals surface area contributed by atoms with Gasteiger partial charge in [0.05, 0.1) is 12.7 Å². The van der Waals surface area contributed by atoms with Gasteiger partial charge in [-0.2, -0.15) is 0 Å². The second-order valence-corrected chi connectivity index (χ2v) is 34.6. The van der Waals surface area contributed by atoms with E-state index >= 15 is 19.2 Å². The van der Waals surface area contributed by atoms with E-state index in [1.807, 2.05) is 13.8 Å². The number of carbonyl (C=O) groups excluding carboxylic acids is 13. The largest absolute Gasteiger partial charge is 0.444 e. The zero-order valence-corrected chi connectivity index (χ0v) is 64.7. The predicted molar refractivity (Wildman–Crippen MR) is 397 cm³/mol. The number of ether oxygens (including phenoxy) is 4. The molecule has 5 rings (SSSR count). The number of carbonyl (C=O) groups is 13. The summed E-state index contributed by atoms with van der Waals surface area (Å²) in [6, 6.07) is 11.8. The van der Waals surface area contributed by atoms with Gasteiger partial charge in [-0.05, 0) is 141 Å². The Kier molecular flexibility index (Phi) is 33.1. The van der Waals surface area contributed by atoms with E-state index in [0.717, 1.165) is 6.92 Å². The summed E-state index contributed by atoms with van der Waals surface area (Å²) in [6.45, 7) is 20.7. The molecule has 10 atom stereocenters. The quantitative estimate of drug-likeness (QED) is 0.0432. The minimum Gasteiger partial charge on any atom is -0.444 e. The number of hydrogen-bond acceptors (Lipinski definition) is 19. The minimum atomic E-state index is -3.82. The lowest BCUT2D eigenvalue weighted by Gasteiger charge is -2.42. The summed E-state index contributed by atoms with van der Waals surface area (Å²) < 4.78 is 21.6. The molecule has 0 spiro atoms. The Morgan fingerprint density at radius 1 is 0.542 bits per heavy atom. The van der Waals surface area contributed by atoms with E-state index in [9.17, 15) is 53.1 Å². The highest BCUT2D eigenvalue weighted by molar-refractivity contribution is 6.98. The molecule has 32 nitrogen and oxygen atoms in total. The number of amides is 13. The van der Waals surface area contributed by atoms with Gasteiger partial charge in [-0.1, -0.05) is 119 Å². The molecule has 0 bridgehead atoms. The van der Waals surface area contributed by atoms with Crippen LogP contribution in [-0.2, 0) is 73.3 Å². The minimum absolute atomic E-state index is 0.0248. The summed E-state index contributed by atoms with van der Waals surface area (Å²) in [5, 5.41) is 45.4. The molecule has 2 fully saturated rings. The van der Waals surface area contributed by atoms with Crippen molar-refractivity contribution >= 4 is 96.0 Å². The molecule has 3 aromatic carbocycles. The van der Waals surface area contributed by atoms with Gasteiger partial charge in [-0.25, -0.2) is 14.4 Å². The number of alkyl carbamates (subject to hydrolysis) is 3. The first-order chi connectivity index (χ1) is 50.0. The Labute approximate surface area is 626 Å². The average molecular weight is 1510 g/mol. The summed E-state index contributed by atoms with van der Waals surface area (Å²) in [4.78, 5) is 199. The van der Waals surface area contributed by atoms with E-state index in [-0.39, 0.29) is 70.9 Å². The Bertz CT molecular complexity index is 3490. The van der Waals surface area contributed by atoms with Crippen LogP contribution in [0.2, 0.25) is 5.04 Å². The van der Waals surface area contributed by atoms with E-state index < -0.39 is 194 Å². The number of benzene rings is 3. The molecule has 3 aromatic rings. The maximum Gasteiger partial charge on any atom is 0.407 e. The highest BCUT2D eigenvalue weighted by Gasteiger charge is 2.50.